The molecule has 1 heterocycles. The van der Waals surface area contributed by atoms with Crippen molar-refractivity contribution in [2.75, 3.05) is 13.2 Å². The highest BCUT2D eigenvalue weighted by atomic mass is 35.5. The van der Waals surface area contributed by atoms with E-state index in [2.05, 4.69) is 41.5 Å². The lowest BCUT2D eigenvalue weighted by Crippen LogP contribution is -2.42. The molecule has 1 aliphatic rings. The highest BCUT2D eigenvalue weighted by Crippen LogP contribution is 2.44. The van der Waals surface area contributed by atoms with E-state index in [1.54, 1.807) is 11.8 Å². The Hall–Kier alpha value is -2.01. The minimum Gasteiger partial charge on any atom is -0.491 e. The van der Waals surface area contributed by atoms with E-state index in [1.807, 2.05) is 24.4 Å². The average molecular weight is 450 g/mol. The van der Waals surface area contributed by atoms with Crippen LogP contribution in [0.4, 0.5) is 0 Å². The second kappa shape index (κ2) is 9.64. The first-order valence-electron chi connectivity index (χ1n) is 10.9. The first-order valence-corrected chi connectivity index (χ1v) is 11.3. The number of amides is 1. The average Bonchev–Trinajstić information content (AvgIpc) is 2.64. The van der Waals surface area contributed by atoms with Crippen molar-refractivity contribution in [3.63, 3.8) is 0 Å². The summed E-state index contributed by atoms with van der Waals surface area (Å²) in [6.07, 6.45) is 2.66. The third kappa shape index (κ3) is 6.25. The topological polar surface area (TPSA) is 66.8 Å². The van der Waals surface area contributed by atoms with Crippen LogP contribution < -0.4 is 4.74 Å². The van der Waals surface area contributed by atoms with Crippen molar-refractivity contribution < 1.29 is 19.4 Å². The van der Waals surface area contributed by atoms with E-state index in [0.29, 0.717) is 36.8 Å². The van der Waals surface area contributed by atoms with Gasteiger partial charge >= 0.3 is 5.97 Å². The monoisotopic (exact) mass is 449 g/mol. The summed E-state index contributed by atoms with van der Waals surface area (Å²) in [6, 6.07) is 5.79. The molecule has 0 aromatic heterocycles. The van der Waals surface area contributed by atoms with Crippen molar-refractivity contribution >= 4 is 23.5 Å². The number of rotatable bonds is 8. The number of halogens is 1. The molecule has 0 saturated heterocycles. The van der Waals surface area contributed by atoms with Gasteiger partial charge in [0.2, 0.25) is 5.91 Å². The van der Waals surface area contributed by atoms with Crippen LogP contribution in [0.15, 0.2) is 30.0 Å². The van der Waals surface area contributed by atoms with E-state index >= 15 is 0 Å². The van der Waals surface area contributed by atoms with E-state index in [-0.39, 0.29) is 17.2 Å². The molecule has 0 radical (unpaired) electrons. The van der Waals surface area contributed by atoms with Gasteiger partial charge in [0.1, 0.15) is 5.75 Å². The fraction of sp³-hybridized carbons (Fsp3) is 0.600. The lowest BCUT2D eigenvalue weighted by Gasteiger charge is -2.41. The van der Waals surface area contributed by atoms with Crippen molar-refractivity contribution in [3.05, 3.63) is 40.6 Å². The van der Waals surface area contributed by atoms with Crippen molar-refractivity contribution in [2.24, 2.45) is 17.3 Å². The molecule has 1 aromatic carbocycles. The Bertz CT molecular complexity index is 856. The van der Waals surface area contributed by atoms with Gasteiger partial charge in [-0.1, -0.05) is 66.1 Å². The van der Waals surface area contributed by atoms with Crippen LogP contribution in [0.1, 0.15) is 66.9 Å². The Kier molecular flexibility index (Phi) is 7.85. The number of carbonyl (C=O) groups excluding carboxylic acids is 1. The maximum atomic E-state index is 13.0. The smallest absolute Gasteiger partial charge is 0.306 e. The maximum absolute atomic E-state index is 13.0. The minimum absolute atomic E-state index is 0.00586. The van der Waals surface area contributed by atoms with Gasteiger partial charge in [-0.25, -0.2) is 0 Å². The Morgan fingerprint density at radius 1 is 1.29 bits per heavy atom. The summed E-state index contributed by atoms with van der Waals surface area (Å²) in [6.45, 7) is 15.2. The summed E-state index contributed by atoms with van der Waals surface area (Å²) >= 11 is 6.55. The van der Waals surface area contributed by atoms with E-state index in [0.717, 1.165) is 11.1 Å². The van der Waals surface area contributed by atoms with Crippen molar-refractivity contribution in [2.45, 2.75) is 66.7 Å². The molecule has 0 saturated carbocycles. The fourth-order valence-corrected chi connectivity index (χ4v) is 4.08. The number of carbonyl (C=O) groups is 2. The summed E-state index contributed by atoms with van der Waals surface area (Å²) in [5, 5.41) is 9.68. The third-order valence-corrected chi connectivity index (χ3v) is 6.13. The zero-order chi connectivity index (χ0) is 23.6. The number of allylic oxidation sites excluding steroid dienone is 1. The molecule has 31 heavy (non-hydrogen) atoms. The van der Waals surface area contributed by atoms with Gasteiger partial charge in [-0.05, 0) is 41.0 Å². The molecule has 6 heteroatoms. The van der Waals surface area contributed by atoms with Crippen LogP contribution in [-0.4, -0.2) is 35.0 Å². The first kappa shape index (κ1) is 25.3. The van der Waals surface area contributed by atoms with Gasteiger partial charge in [0.15, 0.2) is 0 Å². The number of benzene rings is 1. The molecule has 1 aromatic rings. The van der Waals surface area contributed by atoms with Gasteiger partial charge in [-0.15, -0.1) is 0 Å². The van der Waals surface area contributed by atoms with Gasteiger partial charge < -0.3 is 14.7 Å². The number of ether oxygens (including phenoxy) is 1. The molecular weight excluding hydrogens is 414 g/mol. The number of carboxylic acids is 1. The van der Waals surface area contributed by atoms with E-state index in [9.17, 15) is 9.59 Å². The predicted molar refractivity (Wildman–Crippen MR) is 124 cm³/mol. The molecule has 2 rings (SSSR count). The van der Waals surface area contributed by atoms with Crippen LogP contribution in [0.3, 0.4) is 0 Å². The molecule has 0 bridgehead atoms. The Morgan fingerprint density at radius 3 is 2.45 bits per heavy atom. The quantitative estimate of drug-likeness (QED) is 0.536. The number of nitrogens with zero attached hydrogens (tertiary/aromatic N) is 1. The van der Waals surface area contributed by atoms with Gasteiger partial charge in [0.25, 0.3) is 0 Å². The fourth-order valence-electron chi connectivity index (χ4n) is 3.84. The highest BCUT2D eigenvalue weighted by Gasteiger charge is 2.40. The number of aliphatic carboxylic acids is 1. The van der Waals surface area contributed by atoms with Crippen molar-refractivity contribution in [1.82, 2.24) is 4.90 Å². The molecule has 0 fully saturated rings. The minimum atomic E-state index is -0.842. The van der Waals surface area contributed by atoms with E-state index < -0.39 is 17.3 Å². The van der Waals surface area contributed by atoms with Gasteiger partial charge in [0.05, 0.1) is 17.5 Å². The second-order valence-corrected chi connectivity index (χ2v) is 10.8. The van der Waals surface area contributed by atoms with E-state index in [1.165, 1.54) is 0 Å². The molecule has 2 atom stereocenters. The van der Waals surface area contributed by atoms with Crippen molar-refractivity contribution in [1.29, 1.82) is 0 Å². The molecule has 172 valence electrons. The molecule has 0 aliphatic carbocycles. The molecule has 1 N–H and O–H groups in total. The largest absolute Gasteiger partial charge is 0.491 e. The molecular formula is C25H36ClNO4. The second-order valence-electron chi connectivity index (χ2n) is 10.4. The summed E-state index contributed by atoms with van der Waals surface area (Å²) in [5.74, 6) is -0.477. The van der Waals surface area contributed by atoms with E-state index in [4.69, 9.17) is 21.4 Å². The van der Waals surface area contributed by atoms with Crippen molar-refractivity contribution in [3.8, 4) is 5.75 Å². The molecule has 1 aliphatic heterocycles. The van der Waals surface area contributed by atoms with Crippen LogP contribution >= 0.6 is 11.6 Å². The molecule has 5 nitrogen and oxygen atoms in total. The maximum Gasteiger partial charge on any atom is 0.306 e. The van der Waals surface area contributed by atoms with Crippen LogP contribution in [-0.2, 0) is 15.0 Å². The molecule has 1 amide bonds. The Morgan fingerprint density at radius 2 is 1.94 bits per heavy atom. The third-order valence-electron chi connectivity index (χ3n) is 5.83. The highest BCUT2D eigenvalue weighted by molar-refractivity contribution is 6.32. The van der Waals surface area contributed by atoms with Gasteiger partial charge in [-0.2, -0.15) is 0 Å². The van der Waals surface area contributed by atoms with Crippen LogP contribution in [0.2, 0.25) is 5.02 Å². The Balaban J connectivity index is 2.32. The van der Waals surface area contributed by atoms with Gasteiger partial charge in [0, 0.05) is 24.6 Å². The zero-order valence-corrected chi connectivity index (χ0v) is 20.5. The summed E-state index contributed by atoms with van der Waals surface area (Å²) in [7, 11) is 0. The lowest BCUT2D eigenvalue weighted by molar-refractivity contribution is -0.142. The van der Waals surface area contributed by atoms with Crippen LogP contribution in [0.25, 0.3) is 0 Å². The molecule has 0 spiro atoms. The first-order chi connectivity index (χ1) is 14.2. The normalized spacial score (nSPS) is 20.6. The SMILES string of the molecule is CC(C)C1=CN(CCC(C)C(=O)O)C(=O)CC1(C)c1ccc(OCC(C)(C)C)c(Cl)c1. The number of hydrogen-bond donors (Lipinski definition) is 1. The van der Waals surface area contributed by atoms with Crippen LogP contribution in [0.5, 0.6) is 5.75 Å². The standard InChI is InChI=1S/C25H36ClNO4/c1-16(2)19-14-27(11-10-17(3)23(29)30)22(28)13-25(19,7)18-8-9-21(20(26)12-18)31-15-24(4,5)6/h8-9,12,14,16-17H,10-11,13,15H2,1-7H3,(H,29,30). The summed E-state index contributed by atoms with van der Waals surface area (Å²) < 4.78 is 5.89. The van der Waals surface area contributed by atoms with Crippen LogP contribution in [0, 0.1) is 17.3 Å². The zero-order valence-electron chi connectivity index (χ0n) is 19.8. The van der Waals surface area contributed by atoms with Gasteiger partial charge in [-0.3, -0.25) is 9.59 Å². The predicted octanol–water partition coefficient (Wildman–Crippen LogP) is 5.91. The number of hydrogen-bond acceptors (Lipinski definition) is 3. The lowest BCUT2D eigenvalue weighted by atomic mass is 9.68. The number of carboxylic acid groups (broad SMARTS) is 1. The summed E-state index contributed by atoms with van der Waals surface area (Å²) in [5.41, 5.74) is 1.66. The molecule has 2 unspecified atom stereocenters. The summed E-state index contributed by atoms with van der Waals surface area (Å²) in [4.78, 5) is 25.8. The Labute approximate surface area is 191 Å².